The van der Waals surface area contributed by atoms with Gasteiger partial charge < -0.3 is 5.73 Å². The maximum absolute atomic E-state index is 11.9. The largest absolute Gasteiger partial charge is 0.398 e. The normalized spacial score (nSPS) is 12.5. The van der Waals surface area contributed by atoms with Crippen LogP contribution in [0.2, 0.25) is 0 Å². The number of anilines is 2. The third-order valence-electron chi connectivity index (χ3n) is 2.34. The van der Waals surface area contributed by atoms with Crippen molar-refractivity contribution in [3.05, 3.63) is 23.8 Å². The highest BCUT2D eigenvalue weighted by molar-refractivity contribution is 7.94. The molecule has 0 unspecified atom stereocenters. The van der Waals surface area contributed by atoms with Gasteiger partial charge in [0.15, 0.2) is 0 Å². The summed E-state index contributed by atoms with van der Waals surface area (Å²) < 4.78 is 25.4. The van der Waals surface area contributed by atoms with Crippen molar-refractivity contribution in [1.82, 2.24) is 0 Å². The van der Waals surface area contributed by atoms with Crippen molar-refractivity contribution in [2.24, 2.45) is 0 Å². The van der Waals surface area contributed by atoms with Crippen LogP contribution in [-0.2, 0) is 10.0 Å². The van der Waals surface area contributed by atoms with Crippen molar-refractivity contribution in [3.8, 4) is 0 Å². The molecule has 0 spiro atoms. The standard InChI is InChI=1S/C11H18N2O2S/c1-8-5-6-9(7-10(8)12)13-16(14,15)11(2,3)4/h5-7,13H,12H2,1-4H3. The Bertz CT molecular complexity index is 487. The van der Waals surface area contributed by atoms with Gasteiger partial charge in [0.1, 0.15) is 0 Å². The molecule has 16 heavy (non-hydrogen) atoms. The molecule has 0 saturated heterocycles. The lowest BCUT2D eigenvalue weighted by Gasteiger charge is -2.20. The molecule has 0 amide bonds. The molecule has 5 heteroatoms. The molecule has 0 aliphatic rings. The second-order valence-electron chi connectivity index (χ2n) is 4.79. The summed E-state index contributed by atoms with van der Waals surface area (Å²) >= 11 is 0. The summed E-state index contributed by atoms with van der Waals surface area (Å²) in [6, 6.07) is 5.11. The van der Waals surface area contributed by atoms with Gasteiger partial charge in [-0.3, -0.25) is 4.72 Å². The summed E-state index contributed by atoms with van der Waals surface area (Å²) in [6.45, 7) is 6.81. The van der Waals surface area contributed by atoms with Gasteiger partial charge in [-0.05, 0) is 45.4 Å². The van der Waals surface area contributed by atoms with Crippen LogP contribution in [0.5, 0.6) is 0 Å². The van der Waals surface area contributed by atoms with E-state index < -0.39 is 14.8 Å². The van der Waals surface area contributed by atoms with Crippen molar-refractivity contribution in [3.63, 3.8) is 0 Å². The van der Waals surface area contributed by atoms with E-state index in [9.17, 15) is 8.42 Å². The Kier molecular flexibility index (Phi) is 3.19. The molecule has 0 bridgehead atoms. The third kappa shape index (κ3) is 2.66. The van der Waals surface area contributed by atoms with Crippen LogP contribution in [0.1, 0.15) is 26.3 Å². The van der Waals surface area contributed by atoms with Crippen LogP contribution in [0.15, 0.2) is 18.2 Å². The van der Waals surface area contributed by atoms with E-state index in [0.717, 1.165) is 5.56 Å². The van der Waals surface area contributed by atoms with Crippen molar-refractivity contribution in [2.75, 3.05) is 10.5 Å². The zero-order valence-electron chi connectivity index (χ0n) is 10.0. The Morgan fingerprint density at radius 2 is 1.81 bits per heavy atom. The van der Waals surface area contributed by atoms with Gasteiger partial charge in [0.05, 0.1) is 10.4 Å². The van der Waals surface area contributed by atoms with E-state index in [2.05, 4.69) is 4.72 Å². The number of nitrogens with two attached hydrogens (primary N) is 1. The van der Waals surface area contributed by atoms with Gasteiger partial charge in [0.2, 0.25) is 10.0 Å². The second kappa shape index (κ2) is 3.97. The van der Waals surface area contributed by atoms with Crippen LogP contribution >= 0.6 is 0 Å². The molecule has 0 saturated carbocycles. The molecule has 1 aromatic rings. The number of aryl methyl sites for hydroxylation is 1. The SMILES string of the molecule is Cc1ccc(NS(=O)(=O)C(C)(C)C)cc1N. The number of rotatable bonds is 2. The summed E-state index contributed by atoms with van der Waals surface area (Å²) in [7, 11) is -3.39. The molecule has 0 radical (unpaired) electrons. The smallest absolute Gasteiger partial charge is 0.237 e. The van der Waals surface area contributed by atoms with Crippen LogP contribution in [0, 0.1) is 6.92 Å². The summed E-state index contributed by atoms with van der Waals surface area (Å²) in [5, 5.41) is 0. The molecule has 0 aliphatic carbocycles. The quantitative estimate of drug-likeness (QED) is 0.780. The van der Waals surface area contributed by atoms with Gasteiger partial charge >= 0.3 is 0 Å². The molecule has 1 rings (SSSR count). The molecular weight excluding hydrogens is 224 g/mol. The predicted molar refractivity (Wildman–Crippen MR) is 67.9 cm³/mol. The van der Waals surface area contributed by atoms with Gasteiger partial charge in [-0.1, -0.05) is 6.07 Å². The molecule has 0 aromatic heterocycles. The van der Waals surface area contributed by atoms with E-state index >= 15 is 0 Å². The van der Waals surface area contributed by atoms with Gasteiger partial charge in [-0.2, -0.15) is 0 Å². The first-order valence-corrected chi connectivity index (χ1v) is 6.50. The fourth-order valence-corrected chi connectivity index (χ4v) is 1.76. The van der Waals surface area contributed by atoms with Crippen molar-refractivity contribution in [2.45, 2.75) is 32.4 Å². The summed E-state index contributed by atoms with van der Waals surface area (Å²) in [6.07, 6.45) is 0. The van der Waals surface area contributed by atoms with E-state index in [1.807, 2.05) is 6.92 Å². The van der Waals surface area contributed by atoms with Gasteiger partial charge in [-0.15, -0.1) is 0 Å². The average molecular weight is 242 g/mol. The predicted octanol–water partition coefficient (Wildman–Crippen LogP) is 2.12. The highest BCUT2D eigenvalue weighted by atomic mass is 32.2. The Balaban J connectivity index is 3.03. The maximum Gasteiger partial charge on any atom is 0.237 e. The molecule has 0 aliphatic heterocycles. The van der Waals surface area contributed by atoms with E-state index in [1.54, 1.807) is 39.0 Å². The number of benzene rings is 1. The zero-order valence-corrected chi connectivity index (χ0v) is 10.9. The zero-order chi connectivity index (χ0) is 12.6. The first kappa shape index (κ1) is 12.8. The third-order valence-corrected chi connectivity index (χ3v) is 4.45. The van der Waals surface area contributed by atoms with Crippen LogP contribution in [0.4, 0.5) is 11.4 Å². The average Bonchev–Trinajstić information content (AvgIpc) is 2.09. The highest BCUT2D eigenvalue weighted by Gasteiger charge is 2.28. The van der Waals surface area contributed by atoms with Crippen LogP contribution in [0.25, 0.3) is 0 Å². The second-order valence-corrected chi connectivity index (χ2v) is 7.22. The number of sulfonamides is 1. The summed E-state index contributed by atoms with van der Waals surface area (Å²) in [5.41, 5.74) is 7.72. The summed E-state index contributed by atoms with van der Waals surface area (Å²) in [4.78, 5) is 0. The van der Waals surface area contributed by atoms with Crippen molar-refractivity contribution in [1.29, 1.82) is 0 Å². The van der Waals surface area contributed by atoms with E-state index in [1.165, 1.54) is 0 Å². The van der Waals surface area contributed by atoms with Gasteiger partial charge in [-0.25, -0.2) is 8.42 Å². The summed E-state index contributed by atoms with van der Waals surface area (Å²) in [5.74, 6) is 0. The Morgan fingerprint density at radius 3 is 2.25 bits per heavy atom. The molecule has 1 aromatic carbocycles. The van der Waals surface area contributed by atoms with Crippen LogP contribution < -0.4 is 10.5 Å². The van der Waals surface area contributed by atoms with Gasteiger partial charge in [0, 0.05) is 5.69 Å². The molecular formula is C11H18N2O2S. The molecule has 0 atom stereocenters. The number of hydrogen-bond acceptors (Lipinski definition) is 3. The molecule has 90 valence electrons. The van der Waals surface area contributed by atoms with E-state index in [-0.39, 0.29) is 0 Å². The Hall–Kier alpha value is -1.23. The number of nitrogens with one attached hydrogen (secondary N) is 1. The fraction of sp³-hybridized carbons (Fsp3) is 0.455. The first-order valence-electron chi connectivity index (χ1n) is 5.02. The monoisotopic (exact) mass is 242 g/mol. The minimum Gasteiger partial charge on any atom is -0.398 e. The molecule has 0 heterocycles. The van der Waals surface area contributed by atoms with Crippen molar-refractivity contribution >= 4 is 21.4 Å². The molecule has 4 nitrogen and oxygen atoms in total. The Morgan fingerprint density at radius 1 is 1.25 bits per heavy atom. The van der Waals surface area contributed by atoms with Crippen LogP contribution in [-0.4, -0.2) is 13.2 Å². The fourth-order valence-electron chi connectivity index (χ4n) is 1.01. The highest BCUT2D eigenvalue weighted by Crippen LogP contribution is 2.22. The lowest BCUT2D eigenvalue weighted by molar-refractivity contribution is 0.566. The maximum atomic E-state index is 11.9. The van der Waals surface area contributed by atoms with Crippen molar-refractivity contribution < 1.29 is 8.42 Å². The number of nitrogen functional groups attached to an aromatic ring is 1. The lowest BCUT2D eigenvalue weighted by atomic mass is 10.2. The van der Waals surface area contributed by atoms with Gasteiger partial charge in [0.25, 0.3) is 0 Å². The van der Waals surface area contributed by atoms with E-state index in [4.69, 9.17) is 5.73 Å². The van der Waals surface area contributed by atoms with Crippen LogP contribution in [0.3, 0.4) is 0 Å². The topological polar surface area (TPSA) is 72.2 Å². The number of hydrogen-bond donors (Lipinski definition) is 2. The minimum absolute atomic E-state index is 0.498. The Labute approximate surface area is 96.9 Å². The lowest BCUT2D eigenvalue weighted by Crippen LogP contribution is -2.33. The minimum atomic E-state index is -3.39. The molecule has 0 fully saturated rings. The first-order chi connectivity index (χ1) is 7.13. The molecule has 3 N–H and O–H groups in total. The van der Waals surface area contributed by atoms with E-state index in [0.29, 0.717) is 11.4 Å².